The van der Waals surface area contributed by atoms with E-state index in [1.807, 2.05) is 0 Å². The smallest absolute Gasteiger partial charge is 0.0761 e. The van der Waals surface area contributed by atoms with Crippen molar-refractivity contribution in [1.29, 1.82) is 0 Å². The Morgan fingerprint density at radius 1 is 1.24 bits per heavy atom. The fraction of sp³-hybridized carbons (Fsp3) is 0.273. The van der Waals surface area contributed by atoms with E-state index >= 15 is 0 Å². The molecule has 1 N–H and O–H groups in total. The number of nitrogens with one attached hydrogen (secondary N) is 1. The van der Waals surface area contributed by atoms with Gasteiger partial charge in [-0.15, -0.1) is 11.3 Å². The standard InChI is InChI=1S/C11H10Br3NS2/c1-2-15-10(7-4-16-5-8(7)12)6-3-9(13)17-11(6)14/h3-5,10,15H,2H2,1H3. The maximum Gasteiger partial charge on any atom is 0.0761 e. The van der Waals surface area contributed by atoms with Crippen molar-refractivity contribution in [3.05, 3.63) is 40.0 Å². The van der Waals surface area contributed by atoms with Crippen molar-refractivity contribution in [3.8, 4) is 0 Å². The highest BCUT2D eigenvalue weighted by molar-refractivity contribution is 9.12. The van der Waals surface area contributed by atoms with Gasteiger partial charge in [0.1, 0.15) is 0 Å². The molecule has 1 nitrogen and oxygen atoms in total. The summed E-state index contributed by atoms with van der Waals surface area (Å²) in [6.07, 6.45) is 0. The summed E-state index contributed by atoms with van der Waals surface area (Å²) >= 11 is 14.2. The van der Waals surface area contributed by atoms with Crippen molar-refractivity contribution >= 4 is 70.5 Å². The van der Waals surface area contributed by atoms with Crippen LogP contribution in [0.4, 0.5) is 0 Å². The molecule has 6 heteroatoms. The fourth-order valence-electron chi connectivity index (χ4n) is 1.64. The summed E-state index contributed by atoms with van der Waals surface area (Å²) in [6, 6.07) is 2.41. The zero-order chi connectivity index (χ0) is 12.4. The van der Waals surface area contributed by atoms with Gasteiger partial charge >= 0.3 is 0 Å². The highest BCUT2D eigenvalue weighted by Gasteiger charge is 2.20. The van der Waals surface area contributed by atoms with E-state index in [9.17, 15) is 0 Å². The first-order valence-electron chi connectivity index (χ1n) is 5.03. The second-order valence-electron chi connectivity index (χ2n) is 3.45. The van der Waals surface area contributed by atoms with Crippen molar-refractivity contribution < 1.29 is 0 Å². The lowest BCUT2D eigenvalue weighted by molar-refractivity contribution is 0.630. The van der Waals surface area contributed by atoms with E-state index in [1.165, 1.54) is 19.4 Å². The highest BCUT2D eigenvalue weighted by atomic mass is 79.9. The third-order valence-electron chi connectivity index (χ3n) is 2.36. The number of hydrogen-bond acceptors (Lipinski definition) is 3. The molecule has 0 saturated carbocycles. The van der Waals surface area contributed by atoms with Crippen molar-refractivity contribution in [2.75, 3.05) is 6.54 Å². The Hall–Kier alpha value is 0.800. The molecule has 0 fully saturated rings. The van der Waals surface area contributed by atoms with Crippen LogP contribution in [0.15, 0.2) is 28.9 Å². The van der Waals surface area contributed by atoms with E-state index in [1.54, 1.807) is 22.7 Å². The van der Waals surface area contributed by atoms with Crippen LogP contribution in [-0.2, 0) is 0 Å². The Balaban J connectivity index is 2.42. The fourth-order valence-corrected chi connectivity index (χ4v) is 6.09. The van der Waals surface area contributed by atoms with Crippen molar-refractivity contribution in [3.63, 3.8) is 0 Å². The third kappa shape index (κ3) is 3.22. The molecule has 0 spiro atoms. The van der Waals surface area contributed by atoms with Crippen molar-refractivity contribution in [2.45, 2.75) is 13.0 Å². The molecule has 0 aliphatic carbocycles. The van der Waals surface area contributed by atoms with Gasteiger partial charge in [-0.2, -0.15) is 11.3 Å². The summed E-state index contributed by atoms with van der Waals surface area (Å²) in [7, 11) is 0. The normalized spacial score (nSPS) is 12.9. The van der Waals surface area contributed by atoms with Gasteiger partial charge in [0.25, 0.3) is 0 Å². The van der Waals surface area contributed by atoms with E-state index in [4.69, 9.17) is 0 Å². The van der Waals surface area contributed by atoms with Crippen LogP contribution in [-0.4, -0.2) is 6.54 Å². The summed E-state index contributed by atoms with van der Waals surface area (Å²) < 4.78 is 3.49. The third-order valence-corrected chi connectivity index (χ3v) is 6.49. The lowest BCUT2D eigenvalue weighted by Gasteiger charge is -2.17. The van der Waals surface area contributed by atoms with Crippen LogP contribution >= 0.6 is 70.5 Å². The van der Waals surface area contributed by atoms with Gasteiger partial charge in [-0.25, -0.2) is 0 Å². The molecule has 2 aromatic heterocycles. The molecule has 2 rings (SSSR count). The highest BCUT2D eigenvalue weighted by Crippen LogP contribution is 2.40. The molecule has 92 valence electrons. The molecule has 2 aromatic rings. The number of thiophene rings is 2. The molecular weight excluding hydrogens is 450 g/mol. The number of hydrogen-bond donors (Lipinski definition) is 1. The minimum absolute atomic E-state index is 0.234. The summed E-state index contributed by atoms with van der Waals surface area (Å²) in [5, 5.41) is 7.84. The SMILES string of the molecule is CCNC(c1cscc1Br)c1cc(Br)sc1Br. The van der Waals surface area contributed by atoms with E-state index in [0.29, 0.717) is 0 Å². The Bertz CT molecular complexity index is 507. The van der Waals surface area contributed by atoms with Gasteiger partial charge in [0, 0.05) is 9.85 Å². The molecule has 0 bridgehead atoms. The first kappa shape index (κ1) is 14.2. The molecule has 1 atom stereocenters. The quantitative estimate of drug-likeness (QED) is 0.609. The first-order valence-corrected chi connectivity index (χ1v) is 9.17. The maximum atomic E-state index is 3.63. The Morgan fingerprint density at radius 3 is 2.47 bits per heavy atom. The van der Waals surface area contributed by atoms with Crippen LogP contribution in [0.3, 0.4) is 0 Å². The zero-order valence-corrected chi connectivity index (χ0v) is 15.4. The minimum atomic E-state index is 0.234. The molecule has 1 unspecified atom stereocenters. The number of rotatable bonds is 4. The van der Waals surface area contributed by atoms with Crippen molar-refractivity contribution in [2.24, 2.45) is 0 Å². The molecule has 0 amide bonds. The summed E-state index contributed by atoms with van der Waals surface area (Å²) in [5.41, 5.74) is 2.57. The second kappa shape index (κ2) is 6.30. The molecule has 2 heterocycles. The van der Waals surface area contributed by atoms with Gasteiger partial charge in [-0.1, -0.05) is 6.92 Å². The first-order chi connectivity index (χ1) is 8.13. The predicted molar refractivity (Wildman–Crippen MR) is 87.3 cm³/mol. The number of halogens is 3. The lowest BCUT2D eigenvalue weighted by Crippen LogP contribution is -2.21. The van der Waals surface area contributed by atoms with Gasteiger partial charge < -0.3 is 5.32 Å². The predicted octanol–water partition coefficient (Wildman–Crippen LogP) is 5.80. The Labute approximate surface area is 134 Å². The summed E-state index contributed by atoms with van der Waals surface area (Å²) in [4.78, 5) is 0. The monoisotopic (exact) mass is 457 g/mol. The van der Waals surface area contributed by atoms with E-state index in [-0.39, 0.29) is 6.04 Å². The molecule has 17 heavy (non-hydrogen) atoms. The van der Waals surface area contributed by atoms with Crippen LogP contribution in [0.5, 0.6) is 0 Å². The van der Waals surface area contributed by atoms with Crippen LogP contribution in [0, 0.1) is 0 Å². The average molecular weight is 460 g/mol. The average Bonchev–Trinajstić information content (AvgIpc) is 2.82. The van der Waals surface area contributed by atoms with Crippen molar-refractivity contribution in [1.82, 2.24) is 5.32 Å². The van der Waals surface area contributed by atoms with Crippen LogP contribution in [0.25, 0.3) is 0 Å². The van der Waals surface area contributed by atoms with Crippen LogP contribution < -0.4 is 5.32 Å². The van der Waals surface area contributed by atoms with E-state index < -0.39 is 0 Å². The van der Waals surface area contributed by atoms with Gasteiger partial charge in [0.15, 0.2) is 0 Å². The molecule has 0 saturated heterocycles. The molecular formula is C11H10Br3NS2. The van der Waals surface area contributed by atoms with Crippen LogP contribution in [0.2, 0.25) is 0 Å². The van der Waals surface area contributed by atoms with E-state index in [2.05, 4.69) is 76.9 Å². The van der Waals surface area contributed by atoms with Crippen LogP contribution in [0.1, 0.15) is 24.1 Å². The zero-order valence-electron chi connectivity index (χ0n) is 8.97. The van der Waals surface area contributed by atoms with E-state index in [0.717, 1.165) is 10.3 Å². The second-order valence-corrected chi connectivity index (χ2v) is 8.79. The Morgan fingerprint density at radius 2 is 2.00 bits per heavy atom. The largest absolute Gasteiger partial charge is 0.306 e. The van der Waals surface area contributed by atoms with Gasteiger partial charge in [0.05, 0.1) is 13.6 Å². The molecule has 0 radical (unpaired) electrons. The van der Waals surface area contributed by atoms with Gasteiger partial charge in [-0.3, -0.25) is 0 Å². The summed E-state index contributed by atoms with van der Waals surface area (Å²) in [6.45, 7) is 3.06. The molecule has 0 aliphatic rings. The Kier molecular flexibility index (Phi) is 5.27. The van der Waals surface area contributed by atoms with Gasteiger partial charge in [-0.05, 0) is 76.9 Å². The minimum Gasteiger partial charge on any atom is -0.306 e. The topological polar surface area (TPSA) is 12.0 Å². The molecule has 0 aliphatic heterocycles. The maximum absolute atomic E-state index is 3.63. The van der Waals surface area contributed by atoms with Gasteiger partial charge in [0.2, 0.25) is 0 Å². The molecule has 0 aromatic carbocycles. The lowest BCUT2D eigenvalue weighted by atomic mass is 10.0. The summed E-state index contributed by atoms with van der Waals surface area (Å²) in [5.74, 6) is 0.